The summed E-state index contributed by atoms with van der Waals surface area (Å²) in [5, 5.41) is 10.6. The van der Waals surface area contributed by atoms with E-state index in [1.54, 1.807) is 0 Å². The fraction of sp³-hybridized carbons (Fsp3) is 0.722. The number of ether oxygens (including phenoxy) is 4. The lowest BCUT2D eigenvalue weighted by Crippen LogP contribution is -2.30. The maximum Gasteiger partial charge on any atom is 0.472 e. The molecule has 0 aromatic rings. The number of carbonyl (C=O) groups is 4. The largest absolute Gasteiger partial charge is 0.472 e. The van der Waals surface area contributed by atoms with E-state index in [-0.39, 0.29) is 25.7 Å². The van der Waals surface area contributed by atoms with Gasteiger partial charge in [-0.1, -0.05) is 272 Å². The zero-order valence-electron chi connectivity index (χ0n) is 61.4. The van der Waals surface area contributed by atoms with Gasteiger partial charge in [-0.25, -0.2) is 9.13 Å². The van der Waals surface area contributed by atoms with E-state index in [9.17, 15) is 43.2 Å². The van der Waals surface area contributed by atoms with E-state index in [2.05, 4.69) is 125 Å². The molecule has 0 saturated carbocycles. The molecular formula is C79H136O17P2. The number of hydrogen-bond acceptors (Lipinski definition) is 15. The number of esters is 4. The van der Waals surface area contributed by atoms with Crippen molar-refractivity contribution in [2.75, 3.05) is 39.6 Å². The normalized spacial score (nSPS) is 14.6. The van der Waals surface area contributed by atoms with Gasteiger partial charge in [0.05, 0.1) is 26.4 Å². The Labute approximate surface area is 594 Å². The van der Waals surface area contributed by atoms with Crippen LogP contribution in [0.15, 0.2) is 109 Å². The van der Waals surface area contributed by atoms with Gasteiger partial charge >= 0.3 is 39.5 Å². The zero-order chi connectivity index (χ0) is 71.8. The van der Waals surface area contributed by atoms with E-state index in [0.717, 1.165) is 154 Å². The third-order valence-electron chi connectivity index (χ3n) is 15.7. The minimum atomic E-state index is -4.99. The minimum Gasteiger partial charge on any atom is -0.462 e. The number of phosphoric ester groups is 2. The maximum atomic E-state index is 13.1. The number of aliphatic hydroxyl groups excluding tert-OH is 1. The van der Waals surface area contributed by atoms with Crippen molar-refractivity contribution in [1.82, 2.24) is 0 Å². The third kappa shape index (κ3) is 70.2. The molecule has 5 atom stereocenters. The van der Waals surface area contributed by atoms with E-state index < -0.39 is 97.5 Å². The molecule has 0 aromatic carbocycles. The summed E-state index contributed by atoms with van der Waals surface area (Å²) in [4.78, 5) is 72.8. The van der Waals surface area contributed by atoms with Gasteiger partial charge in [0.25, 0.3) is 0 Å². The first kappa shape index (κ1) is 93.7. The zero-order valence-corrected chi connectivity index (χ0v) is 63.2. The molecule has 0 amide bonds. The first-order valence-corrected chi connectivity index (χ1v) is 41.1. The highest BCUT2D eigenvalue weighted by Gasteiger charge is 2.30. The van der Waals surface area contributed by atoms with E-state index in [1.165, 1.54) is 70.6 Å². The standard InChI is InChI=1S/C79H136O17P2/c1-5-9-13-17-21-25-29-33-35-36-38-42-44-48-52-56-60-64-77(82)90-70-75(96-79(84)66-62-58-54-50-46-40-32-28-24-20-16-12-8-4)72-94-98(87,88)92-68-73(80)67-91-97(85,86)93-71-74(95-78(83)65-61-57-53-49-45-39-31-27-23-19-15-11-7-3)69-89-76(81)63-59-55-51-47-43-41-37-34-30-26-22-18-14-10-6-2/h9,13,15,19,21-22,25-27,31,33-35,37-38,42,48,52,73-75,80H,5-8,10-12,14,16-18,20,23-24,28-30,32,36,39-41,43-47,49-51,53-72H2,1-4H3,(H,85,86)(H,87,88)/b13-9-,19-15-,25-21-,26-22-,31-27-,35-33-,37-34-,42-38-,52-48-. The summed E-state index contributed by atoms with van der Waals surface area (Å²) in [5.41, 5.74) is 0. The number of hydrogen-bond donors (Lipinski definition) is 3. The molecule has 98 heavy (non-hydrogen) atoms. The molecule has 0 aromatic heterocycles. The monoisotopic (exact) mass is 1420 g/mol. The molecule has 0 bridgehead atoms. The quantitative estimate of drug-likeness (QED) is 0.0169. The van der Waals surface area contributed by atoms with Crippen LogP contribution in [0.25, 0.3) is 0 Å². The average molecular weight is 1420 g/mol. The van der Waals surface area contributed by atoms with Crippen LogP contribution in [0.4, 0.5) is 0 Å². The second-order valence-corrected chi connectivity index (χ2v) is 28.1. The predicted molar refractivity (Wildman–Crippen MR) is 399 cm³/mol. The lowest BCUT2D eigenvalue weighted by Gasteiger charge is -2.21. The molecular weight excluding hydrogens is 1280 g/mol. The van der Waals surface area contributed by atoms with Crippen molar-refractivity contribution in [2.24, 2.45) is 0 Å². The summed E-state index contributed by atoms with van der Waals surface area (Å²) in [6.45, 7) is 4.58. The lowest BCUT2D eigenvalue weighted by molar-refractivity contribution is -0.161. The Morgan fingerprint density at radius 1 is 0.296 bits per heavy atom. The van der Waals surface area contributed by atoms with Gasteiger partial charge in [-0.3, -0.25) is 37.3 Å². The van der Waals surface area contributed by atoms with E-state index in [1.807, 2.05) is 12.2 Å². The first-order valence-electron chi connectivity index (χ1n) is 38.1. The molecule has 3 N–H and O–H groups in total. The number of allylic oxidation sites excluding steroid dienone is 18. The first-order chi connectivity index (χ1) is 47.7. The van der Waals surface area contributed by atoms with Crippen LogP contribution in [0.2, 0.25) is 0 Å². The van der Waals surface area contributed by atoms with Gasteiger partial charge in [-0.15, -0.1) is 0 Å². The van der Waals surface area contributed by atoms with Crippen LogP contribution in [-0.2, 0) is 65.4 Å². The Bertz CT molecular complexity index is 2290. The van der Waals surface area contributed by atoms with Crippen LogP contribution in [0.1, 0.15) is 310 Å². The van der Waals surface area contributed by atoms with Crippen molar-refractivity contribution in [3.05, 3.63) is 109 Å². The Hall–Kier alpha value is -4.28. The van der Waals surface area contributed by atoms with Crippen LogP contribution in [0, 0.1) is 0 Å². The summed E-state index contributed by atoms with van der Waals surface area (Å²) in [6, 6.07) is 0. The van der Waals surface area contributed by atoms with E-state index in [0.29, 0.717) is 32.1 Å². The van der Waals surface area contributed by atoms with Crippen molar-refractivity contribution in [2.45, 2.75) is 329 Å². The lowest BCUT2D eigenvalue weighted by atomic mass is 10.0. The van der Waals surface area contributed by atoms with Crippen molar-refractivity contribution in [3.63, 3.8) is 0 Å². The smallest absolute Gasteiger partial charge is 0.462 e. The van der Waals surface area contributed by atoms with Crippen molar-refractivity contribution in [3.8, 4) is 0 Å². The van der Waals surface area contributed by atoms with Gasteiger partial charge in [-0.05, 0) is 122 Å². The van der Waals surface area contributed by atoms with Gasteiger partial charge in [0.2, 0.25) is 0 Å². The maximum absolute atomic E-state index is 13.1. The third-order valence-corrected chi connectivity index (χ3v) is 17.6. The fourth-order valence-corrected chi connectivity index (χ4v) is 11.5. The molecule has 5 unspecified atom stereocenters. The van der Waals surface area contributed by atoms with Gasteiger partial charge in [0.1, 0.15) is 19.3 Å². The number of phosphoric acid groups is 2. The molecule has 0 aliphatic rings. The molecule has 564 valence electrons. The molecule has 0 aliphatic heterocycles. The van der Waals surface area contributed by atoms with E-state index in [4.69, 9.17) is 37.0 Å². The van der Waals surface area contributed by atoms with Crippen molar-refractivity contribution < 1.29 is 80.2 Å². The molecule has 0 rings (SSSR count). The summed E-state index contributed by atoms with van der Waals surface area (Å²) in [7, 11) is -9.97. The Kier molecular flexibility index (Phi) is 68.0. The van der Waals surface area contributed by atoms with Gasteiger partial charge in [0, 0.05) is 25.7 Å². The van der Waals surface area contributed by atoms with Crippen molar-refractivity contribution in [1.29, 1.82) is 0 Å². The van der Waals surface area contributed by atoms with Gasteiger partial charge in [0.15, 0.2) is 12.2 Å². The molecule has 0 spiro atoms. The molecule has 0 heterocycles. The molecule has 0 fully saturated rings. The number of aliphatic hydroxyl groups is 1. The molecule has 0 radical (unpaired) electrons. The molecule has 0 aliphatic carbocycles. The summed E-state index contributed by atoms with van der Waals surface area (Å²) in [5.74, 6) is -2.26. The predicted octanol–water partition coefficient (Wildman–Crippen LogP) is 21.8. The Balaban J connectivity index is 5.39. The minimum absolute atomic E-state index is 0.0740. The van der Waals surface area contributed by atoms with Crippen LogP contribution in [0.3, 0.4) is 0 Å². The average Bonchev–Trinajstić information content (AvgIpc) is 0.969. The van der Waals surface area contributed by atoms with Crippen LogP contribution in [-0.4, -0.2) is 96.7 Å². The SMILES string of the molecule is CC/C=C\C/C=C\C/C=C\C/C=C\C/C=C\CCCC(=O)OCC(COP(=O)(O)OCC(O)COP(=O)(O)OCC(COC(=O)CCCCCCC/C=C\C/C=C\CCCCC)OC(=O)CCCCCCC/C=C\C/C=C\CCC)OC(=O)CCCCCCCCCCCCCCC. The summed E-state index contributed by atoms with van der Waals surface area (Å²) >= 11 is 0. The Morgan fingerprint density at radius 3 is 0.918 bits per heavy atom. The molecule has 0 saturated heterocycles. The molecule has 19 heteroatoms. The highest BCUT2D eigenvalue weighted by Crippen LogP contribution is 2.45. The van der Waals surface area contributed by atoms with E-state index >= 15 is 0 Å². The number of rotatable bonds is 71. The fourth-order valence-electron chi connectivity index (χ4n) is 9.91. The highest BCUT2D eigenvalue weighted by atomic mass is 31.2. The summed E-state index contributed by atoms with van der Waals surface area (Å²) < 4.78 is 68.4. The van der Waals surface area contributed by atoms with Gasteiger partial charge < -0.3 is 33.8 Å². The highest BCUT2D eigenvalue weighted by molar-refractivity contribution is 7.47. The number of unbranched alkanes of at least 4 members (excludes halogenated alkanes) is 27. The Morgan fingerprint density at radius 2 is 0.561 bits per heavy atom. The van der Waals surface area contributed by atoms with Crippen LogP contribution < -0.4 is 0 Å². The van der Waals surface area contributed by atoms with Crippen LogP contribution >= 0.6 is 15.6 Å². The number of carbonyl (C=O) groups excluding carboxylic acids is 4. The summed E-state index contributed by atoms with van der Waals surface area (Å²) in [6.07, 6.45) is 75.1. The second kappa shape index (κ2) is 71.1. The van der Waals surface area contributed by atoms with Crippen LogP contribution in [0.5, 0.6) is 0 Å². The topological polar surface area (TPSA) is 237 Å². The van der Waals surface area contributed by atoms with Crippen molar-refractivity contribution >= 4 is 39.5 Å². The second-order valence-electron chi connectivity index (χ2n) is 25.2. The van der Waals surface area contributed by atoms with Gasteiger partial charge in [-0.2, -0.15) is 0 Å². The molecule has 17 nitrogen and oxygen atoms in total.